The van der Waals surface area contributed by atoms with Crippen molar-refractivity contribution < 1.29 is 4.79 Å². The highest BCUT2D eigenvalue weighted by molar-refractivity contribution is 5.92. The van der Waals surface area contributed by atoms with Gasteiger partial charge in [-0.3, -0.25) is 9.48 Å². The number of hydrogen-bond acceptors (Lipinski definition) is 2. The summed E-state index contributed by atoms with van der Waals surface area (Å²) in [5.74, 6) is 2.47. The minimum atomic E-state index is 0.0231. The lowest BCUT2D eigenvalue weighted by molar-refractivity contribution is 0.0905. The molecule has 20 heavy (non-hydrogen) atoms. The molecular weight excluding hydrogens is 250 g/mol. The smallest absolute Gasteiger partial charge is 0.269 e. The Morgan fingerprint density at radius 2 is 2.30 bits per heavy atom. The van der Waals surface area contributed by atoms with Gasteiger partial charge in [-0.25, -0.2) is 0 Å². The van der Waals surface area contributed by atoms with E-state index < -0.39 is 0 Å². The molecule has 0 aromatic carbocycles. The maximum Gasteiger partial charge on any atom is 0.269 e. The van der Waals surface area contributed by atoms with Crippen LogP contribution >= 0.6 is 0 Å². The highest BCUT2D eigenvalue weighted by Gasteiger charge is 2.42. The summed E-state index contributed by atoms with van der Waals surface area (Å²) in [5, 5.41) is 7.55. The van der Waals surface area contributed by atoms with Crippen molar-refractivity contribution in [1.82, 2.24) is 15.1 Å². The minimum absolute atomic E-state index is 0.0231. The van der Waals surface area contributed by atoms with Crippen molar-refractivity contribution in [2.24, 2.45) is 24.8 Å². The lowest BCUT2D eigenvalue weighted by Crippen LogP contribution is -2.40. The first kappa shape index (κ1) is 13.7. The molecule has 0 unspecified atom stereocenters. The van der Waals surface area contributed by atoms with Gasteiger partial charge >= 0.3 is 0 Å². The minimum Gasteiger partial charge on any atom is -0.348 e. The van der Waals surface area contributed by atoms with E-state index in [4.69, 9.17) is 0 Å². The van der Waals surface area contributed by atoms with E-state index in [0.29, 0.717) is 11.6 Å². The summed E-state index contributed by atoms with van der Waals surface area (Å²) in [5.41, 5.74) is 1.65. The fourth-order valence-electron chi connectivity index (χ4n) is 4.21. The molecule has 1 amide bonds. The second kappa shape index (κ2) is 5.23. The summed E-state index contributed by atoms with van der Waals surface area (Å²) >= 11 is 0. The maximum absolute atomic E-state index is 12.4. The van der Waals surface area contributed by atoms with Gasteiger partial charge in [-0.05, 0) is 56.4 Å². The van der Waals surface area contributed by atoms with E-state index in [9.17, 15) is 4.79 Å². The van der Waals surface area contributed by atoms with E-state index >= 15 is 0 Å². The predicted molar refractivity (Wildman–Crippen MR) is 78.5 cm³/mol. The number of fused-ring (bicyclic) bond motifs is 2. The molecule has 0 aliphatic heterocycles. The van der Waals surface area contributed by atoms with Crippen molar-refractivity contribution in [3.8, 4) is 0 Å². The molecule has 0 spiro atoms. The monoisotopic (exact) mass is 275 g/mol. The predicted octanol–water partition coefficient (Wildman–Crippen LogP) is 2.54. The highest BCUT2D eigenvalue weighted by Crippen LogP contribution is 2.49. The molecule has 0 saturated heterocycles. The van der Waals surface area contributed by atoms with E-state index in [0.717, 1.165) is 24.0 Å². The van der Waals surface area contributed by atoms with Crippen molar-refractivity contribution >= 4 is 5.91 Å². The summed E-state index contributed by atoms with van der Waals surface area (Å²) in [6.07, 6.45) is 6.32. The van der Waals surface area contributed by atoms with E-state index in [2.05, 4.69) is 24.3 Å². The van der Waals surface area contributed by atoms with Crippen LogP contribution in [0.25, 0.3) is 0 Å². The summed E-state index contributed by atoms with van der Waals surface area (Å²) < 4.78 is 1.70. The molecule has 2 aliphatic carbocycles. The first-order valence-electron chi connectivity index (χ1n) is 7.92. The number of nitrogens with zero attached hydrogens (tertiary/aromatic N) is 2. The van der Waals surface area contributed by atoms with Gasteiger partial charge in [0.1, 0.15) is 5.69 Å². The first-order valence-corrected chi connectivity index (χ1v) is 7.92. The highest BCUT2D eigenvalue weighted by atomic mass is 16.2. The van der Waals surface area contributed by atoms with Gasteiger partial charge in [-0.2, -0.15) is 5.10 Å². The van der Waals surface area contributed by atoms with E-state index in [-0.39, 0.29) is 11.9 Å². The summed E-state index contributed by atoms with van der Waals surface area (Å²) in [6.45, 7) is 4.22. The van der Waals surface area contributed by atoms with Crippen LogP contribution in [-0.2, 0) is 13.5 Å². The Labute approximate surface area is 120 Å². The number of hydrogen-bond donors (Lipinski definition) is 1. The Kier molecular flexibility index (Phi) is 3.57. The molecule has 1 N–H and O–H groups in total. The summed E-state index contributed by atoms with van der Waals surface area (Å²) in [7, 11) is 1.84. The average Bonchev–Trinajstić information content (AvgIpc) is 3.12. The van der Waals surface area contributed by atoms with Crippen molar-refractivity contribution in [1.29, 1.82) is 0 Å². The molecule has 4 atom stereocenters. The van der Waals surface area contributed by atoms with Gasteiger partial charge in [0.05, 0.1) is 5.69 Å². The van der Waals surface area contributed by atoms with Gasteiger partial charge in [0.15, 0.2) is 0 Å². The van der Waals surface area contributed by atoms with Crippen molar-refractivity contribution in [3.63, 3.8) is 0 Å². The standard InChI is InChI=1S/C16H25N3O/c1-4-13-9-15(19(3)18-13)16(20)17-10(2)14-8-11-5-6-12(14)7-11/h9-12,14H,4-8H2,1-3H3,(H,17,20)/t10-,11-,12-,14+/m0/s1. The average molecular weight is 275 g/mol. The van der Waals surface area contributed by atoms with Crippen LogP contribution in [0.2, 0.25) is 0 Å². The molecule has 4 heteroatoms. The Morgan fingerprint density at radius 1 is 1.50 bits per heavy atom. The van der Waals surface area contributed by atoms with Crippen LogP contribution in [0.1, 0.15) is 55.7 Å². The van der Waals surface area contributed by atoms with Crippen LogP contribution in [0.5, 0.6) is 0 Å². The summed E-state index contributed by atoms with van der Waals surface area (Å²) in [4.78, 5) is 12.4. The molecule has 0 radical (unpaired) electrons. The number of nitrogens with one attached hydrogen (secondary N) is 1. The molecule has 1 aromatic heterocycles. The van der Waals surface area contributed by atoms with Gasteiger partial charge in [0.2, 0.25) is 0 Å². The van der Waals surface area contributed by atoms with Crippen molar-refractivity contribution in [3.05, 3.63) is 17.5 Å². The Hall–Kier alpha value is -1.32. The molecule has 1 heterocycles. The Balaban J connectivity index is 1.64. The zero-order valence-corrected chi connectivity index (χ0v) is 12.7. The van der Waals surface area contributed by atoms with Crippen LogP contribution in [0.15, 0.2) is 6.07 Å². The molecule has 1 aromatic rings. The van der Waals surface area contributed by atoms with Gasteiger partial charge < -0.3 is 5.32 Å². The molecular formula is C16H25N3O. The zero-order valence-electron chi connectivity index (χ0n) is 12.7. The third-order valence-electron chi connectivity index (χ3n) is 5.32. The number of rotatable bonds is 4. The normalized spacial score (nSPS) is 29.6. The number of carbonyl (C=O) groups excluding carboxylic acids is 1. The third kappa shape index (κ3) is 2.36. The van der Waals surface area contributed by atoms with E-state index in [1.54, 1.807) is 4.68 Å². The fraction of sp³-hybridized carbons (Fsp3) is 0.750. The van der Waals surface area contributed by atoms with E-state index in [1.807, 2.05) is 13.1 Å². The van der Waals surface area contributed by atoms with Crippen LogP contribution < -0.4 is 5.32 Å². The van der Waals surface area contributed by atoms with Gasteiger partial charge in [-0.1, -0.05) is 13.3 Å². The Morgan fingerprint density at radius 3 is 2.85 bits per heavy atom. The fourth-order valence-corrected chi connectivity index (χ4v) is 4.21. The zero-order chi connectivity index (χ0) is 14.3. The molecule has 4 nitrogen and oxygen atoms in total. The second-order valence-corrected chi connectivity index (χ2v) is 6.60. The molecule has 3 rings (SSSR count). The molecule has 2 aliphatic rings. The van der Waals surface area contributed by atoms with Crippen LogP contribution in [0, 0.1) is 17.8 Å². The molecule has 2 bridgehead atoms. The quantitative estimate of drug-likeness (QED) is 0.918. The first-order chi connectivity index (χ1) is 9.58. The van der Waals surface area contributed by atoms with Gasteiger partial charge in [0, 0.05) is 13.1 Å². The second-order valence-electron chi connectivity index (χ2n) is 6.60. The number of carbonyl (C=O) groups is 1. The SMILES string of the molecule is CCc1cc(C(=O)N[C@@H](C)[C@H]2C[C@H]3CC[C@H]2C3)n(C)n1. The Bertz CT molecular complexity index is 508. The van der Waals surface area contributed by atoms with Crippen LogP contribution in [0.4, 0.5) is 0 Å². The topological polar surface area (TPSA) is 46.9 Å². The third-order valence-corrected chi connectivity index (χ3v) is 5.32. The van der Waals surface area contributed by atoms with Gasteiger partial charge in [-0.15, -0.1) is 0 Å². The molecule has 2 fully saturated rings. The maximum atomic E-state index is 12.4. The number of aryl methyl sites for hydroxylation is 2. The van der Waals surface area contributed by atoms with E-state index in [1.165, 1.54) is 25.7 Å². The molecule has 110 valence electrons. The number of aromatic nitrogens is 2. The molecule has 2 saturated carbocycles. The van der Waals surface area contributed by atoms with Crippen LogP contribution in [-0.4, -0.2) is 21.7 Å². The lowest BCUT2D eigenvalue weighted by atomic mass is 9.84. The van der Waals surface area contributed by atoms with Gasteiger partial charge in [0.25, 0.3) is 5.91 Å². The largest absolute Gasteiger partial charge is 0.348 e. The summed E-state index contributed by atoms with van der Waals surface area (Å²) in [6, 6.07) is 2.18. The van der Waals surface area contributed by atoms with Crippen LogP contribution in [0.3, 0.4) is 0 Å². The number of amides is 1. The van der Waals surface area contributed by atoms with Crippen molar-refractivity contribution in [2.75, 3.05) is 0 Å². The lowest BCUT2D eigenvalue weighted by Gasteiger charge is -2.28. The van der Waals surface area contributed by atoms with Crippen molar-refractivity contribution in [2.45, 2.75) is 52.0 Å².